The normalized spacial score (nSPS) is 19.0. The molecule has 1 aliphatic heterocycles. The van der Waals surface area contributed by atoms with E-state index in [0.717, 1.165) is 30.2 Å². The van der Waals surface area contributed by atoms with Gasteiger partial charge in [0.2, 0.25) is 5.91 Å². The van der Waals surface area contributed by atoms with Gasteiger partial charge in [0, 0.05) is 25.3 Å². The van der Waals surface area contributed by atoms with Gasteiger partial charge in [-0.3, -0.25) is 9.69 Å². The first-order chi connectivity index (χ1) is 11.0. The minimum atomic E-state index is -0.511. The molecule has 1 saturated heterocycles. The number of aromatic nitrogens is 2. The molecular formula is C17H22N4O2. The lowest BCUT2D eigenvalue weighted by molar-refractivity contribution is -0.135. The smallest absolute Gasteiger partial charge is 0.247 e. The van der Waals surface area contributed by atoms with E-state index in [4.69, 9.17) is 10.5 Å². The molecule has 23 heavy (non-hydrogen) atoms. The van der Waals surface area contributed by atoms with Gasteiger partial charge in [0.05, 0.1) is 18.0 Å². The molecule has 0 bridgehead atoms. The molecule has 2 N–H and O–H groups in total. The fourth-order valence-electron chi connectivity index (χ4n) is 2.95. The Morgan fingerprint density at radius 2 is 2.22 bits per heavy atom. The van der Waals surface area contributed by atoms with E-state index in [1.165, 1.54) is 5.56 Å². The van der Waals surface area contributed by atoms with E-state index in [9.17, 15) is 4.79 Å². The third-order valence-electron chi connectivity index (χ3n) is 4.04. The van der Waals surface area contributed by atoms with Gasteiger partial charge in [0.15, 0.2) is 0 Å². The van der Waals surface area contributed by atoms with Crippen molar-refractivity contribution in [1.29, 1.82) is 0 Å². The first kappa shape index (κ1) is 15.7. The lowest BCUT2D eigenvalue weighted by atomic mass is 10.1. The standard InChI is InChI=1S/C17H22N4O2/c1-12-8-13(2)21(19-12)15-5-3-4-14(9-15)10-20-6-7-23-16(11-20)17(18)22/h3-5,8-9,16H,6-7,10-11H2,1-2H3,(H2,18,22)/t16-/m1/s1. The second-order valence-corrected chi connectivity index (χ2v) is 6.01. The van der Waals surface area contributed by atoms with E-state index in [-0.39, 0.29) is 0 Å². The topological polar surface area (TPSA) is 73.4 Å². The molecular weight excluding hydrogens is 292 g/mol. The van der Waals surface area contributed by atoms with E-state index >= 15 is 0 Å². The molecule has 0 aliphatic carbocycles. The fourth-order valence-corrected chi connectivity index (χ4v) is 2.95. The Morgan fingerprint density at radius 3 is 2.91 bits per heavy atom. The minimum Gasteiger partial charge on any atom is -0.367 e. The molecule has 0 unspecified atom stereocenters. The highest BCUT2D eigenvalue weighted by atomic mass is 16.5. The molecule has 6 nitrogen and oxygen atoms in total. The molecule has 2 aromatic rings. The van der Waals surface area contributed by atoms with E-state index in [1.807, 2.05) is 24.6 Å². The van der Waals surface area contributed by atoms with Crippen molar-refractivity contribution in [2.24, 2.45) is 5.73 Å². The molecule has 3 rings (SSSR count). The number of morpholine rings is 1. The monoisotopic (exact) mass is 314 g/mol. The Labute approximate surface area is 135 Å². The maximum atomic E-state index is 11.3. The maximum absolute atomic E-state index is 11.3. The number of nitrogens with zero attached hydrogens (tertiary/aromatic N) is 3. The van der Waals surface area contributed by atoms with Crippen LogP contribution in [0.2, 0.25) is 0 Å². The number of carbonyl (C=O) groups is 1. The number of benzene rings is 1. The number of primary amides is 1. The van der Waals surface area contributed by atoms with Gasteiger partial charge in [-0.1, -0.05) is 12.1 Å². The zero-order chi connectivity index (χ0) is 16.4. The quantitative estimate of drug-likeness (QED) is 0.919. The van der Waals surface area contributed by atoms with Gasteiger partial charge in [0.1, 0.15) is 6.10 Å². The Hall–Kier alpha value is -2.18. The summed E-state index contributed by atoms with van der Waals surface area (Å²) in [6.45, 7) is 6.68. The van der Waals surface area contributed by atoms with Gasteiger partial charge in [-0.05, 0) is 37.6 Å². The second-order valence-electron chi connectivity index (χ2n) is 6.01. The molecule has 1 amide bonds. The van der Waals surface area contributed by atoms with E-state index in [2.05, 4.69) is 34.3 Å². The molecule has 0 radical (unpaired) electrons. The highest BCUT2D eigenvalue weighted by Crippen LogP contribution is 2.16. The van der Waals surface area contributed by atoms with Crippen molar-refractivity contribution in [1.82, 2.24) is 14.7 Å². The van der Waals surface area contributed by atoms with E-state index in [1.54, 1.807) is 0 Å². The summed E-state index contributed by atoms with van der Waals surface area (Å²) >= 11 is 0. The Balaban J connectivity index is 1.75. The van der Waals surface area contributed by atoms with Crippen LogP contribution in [0.25, 0.3) is 5.69 Å². The van der Waals surface area contributed by atoms with Crippen molar-refractivity contribution in [3.8, 4) is 5.69 Å². The number of hydrogen-bond donors (Lipinski definition) is 1. The number of rotatable bonds is 4. The molecule has 1 aromatic carbocycles. The summed E-state index contributed by atoms with van der Waals surface area (Å²) in [5.41, 5.74) is 9.69. The summed E-state index contributed by atoms with van der Waals surface area (Å²) in [5, 5.41) is 4.53. The number of hydrogen-bond acceptors (Lipinski definition) is 4. The lowest BCUT2D eigenvalue weighted by Crippen LogP contribution is -2.47. The third kappa shape index (κ3) is 3.60. The molecule has 6 heteroatoms. The predicted molar refractivity (Wildman–Crippen MR) is 87.2 cm³/mol. The number of carbonyl (C=O) groups excluding carboxylic acids is 1. The van der Waals surface area contributed by atoms with Crippen molar-refractivity contribution in [2.75, 3.05) is 19.7 Å². The number of ether oxygens (including phenoxy) is 1. The lowest BCUT2D eigenvalue weighted by Gasteiger charge is -2.31. The molecule has 1 fully saturated rings. The van der Waals surface area contributed by atoms with Crippen molar-refractivity contribution in [3.63, 3.8) is 0 Å². The van der Waals surface area contributed by atoms with Crippen LogP contribution >= 0.6 is 0 Å². The van der Waals surface area contributed by atoms with E-state index < -0.39 is 12.0 Å². The highest BCUT2D eigenvalue weighted by Gasteiger charge is 2.24. The van der Waals surface area contributed by atoms with Gasteiger partial charge in [0.25, 0.3) is 0 Å². The molecule has 2 heterocycles. The van der Waals surface area contributed by atoms with Gasteiger partial charge in [-0.2, -0.15) is 5.10 Å². The molecule has 1 atom stereocenters. The molecule has 1 aliphatic rings. The van der Waals surface area contributed by atoms with Gasteiger partial charge < -0.3 is 10.5 Å². The maximum Gasteiger partial charge on any atom is 0.247 e. The molecule has 1 aromatic heterocycles. The summed E-state index contributed by atoms with van der Waals surface area (Å²) in [5.74, 6) is -0.397. The van der Waals surface area contributed by atoms with Crippen LogP contribution < -0.4 is 5.73 Å². The van der Waals surface area contributed by atoms with Crippen molar-refractivity contribution in [2.45, 2.75) is 26.5 Å². The number of aryl methyl sites for hydroxylation is 2. The average Bonchev–Trinajstić information content (AvgIpc) is 2.86. The first-order valence-electron chi connectivity index (χ1n) is 7.79. The van der Waals surface area contributed by atoms with Crippen molar-refractivity contribution < 1.29 is 9.53 Å². The summed E-state index contributed by atoms with van der Waals surface area (Å²) < 4.78 is 7.34. The average molecular weight is 314 g/mol. The van der Waals surface area contributed by atoms with Crippen LogP contribution in [0.5, 0.6) is 0 Å². The third-order valence-corrected chi connectivity index (χ3v) is 4.04. The predicted octanol–water partition coefficient (Wildman–Crippen LogP) is 1.18. The van der Waals surface area contributed by atoms with Gasteiger partial charge in [-0.15, -0.1) is 0 Å². The van der Waals surface area contributed by atoms with Crippen molar-refractivity contribution >= 4 is 5.91 Å². The highest BCUT2D eigenvalue weighted by molar-refractivity contribution is 5.79. The van der Waals surface area contributed by atoms with Crippen LogP contribution in [-0.4, -0.2) is 46.4 Å². The van der Waals surface area contributed by atoms with Gasteiger partial charge in [-0.25, -0.2) is 4.68 Å². The SMILES string of the molecule is Cc1cc(C)n(-c2cccc(CN3CCO[C@@H](C(N)=O)C3)c2)n1. The Kier molecular flexibility index (Phi) is 4.45. The number of amides is 1. The van der Waals surface area contributed by atoms with Crippen LogP contribution in [0.1, 0.15) is 17.0 Å². The summed E-state index contributed by atoms with van der Waals surface area (Å²) in [4.78, 5) is 13.5. The second kappa shape index (κ2) is 6.52. The number of nitrogens with two attached hydrogens (primary N) is 1. The van der Waals surface area contributed by atoms with Crippen LogP contribution in [0.15, 0.2) is 30.3 Å². The first-order valence-corrected chi connectivity index (χ1v) is 7.79. The van der Waals surface area contributed by atoms with Gasteiger partial charge >= 0.3 is 0 Å². The van der Waals surface area contributed by atoms with Crippen LogP contribution in [-0.2, 0) is 16.1 Å². The summed E-state index contributed by atoms with van der Waals surface area (Å²) in [7, 11) is 0. The minimum absolute atomic E-state index is 0.397. The van der Waals surface area contributed by atoms with Crippen LogP contribution in [0.3, 0.4) is 0 Å². The Morgan fingerprint density at radius 1 is 1.39 bits per heavy atom. The van der Waals surface area contributed by atoms with Crippen LogP contribution in [0, 0.1) is 13.8 Å². The zero-order valence-corrected chi connectivity index (χ0v) is 13.5. The van der Waals surface area contributed by atoms with E-state index in [0.29, 0.717) is 13.2 Å². The summed E-state index contributed by atoms with van der Waals surface area (Å²) in [6.07, 6.45) is -0.511. The summed E-state index contributed by atoms with van der Waals surface area (Å²) in [6, 6.07) is 10.4. The molecule has 0 spiro atoms. The molecule has 122 valence electrons. The molecule has 0 saturated carbocycles. The van der Waals surface area contributed by atoms with Crippen LogP contribution in [0.4, 0.5) is 0 Å². The fraction of sp³-hybridized carbons (Fsp3) is 0.412. The zero-order valence-electron chi connectivity index (χ0n) is 13.5. The van der Waals surface area contributed by atoms with Crippen molar-refractivity contribution in [3.05, 3.63) is 47.3 Å². The largest absolute Gasteiger partial charge is 0.367 e. The Bertz CT molecular complexity index is 710.